The molecule has 2 aromatic rings. The maximum absolute atomic E-state index is 13.6. The molecule has 26 heavy (non-hydrogen) atoms. The van der Waals surface area contributed by atoms with E-state index < -0.39 is 39.0 Å². The monoisotopic (exact) mass is 382 g/mol. The third-order valence-electron chi connectivity index (χ3n) is 3.55. The normalized spacial score (nSPS) is 11.0. The Labute approximate surface area is 149 Å². The van der Waals surface area contributed by atoms with Gasteiger partial charge in [0.15, 0.2) is 0 Å². The van der Waals surface area contributed by atoms with Crippen LogP contribution < -0.4 is 4.31 Å². The van der Waals surface area contributed by atoms with E-state index in [0.29, 0.717) is 4.31 Å². The van der Waals surface area contributed by atoms with Gasteiger partial charge in [-0.05, 0) is 30.7 Å². The van der Waals surface area contributed by atoms with Crippen molar-refractivity contribution >= 4 is 27.4 Å². The molecule has 0 unspecified atom stereocenters. The molecule has 0 aliphatic carbocycles. The smallest absolute Gasteiger partial charge is 0.326 e. The van der Waals surface area contributed by atoms with Crippen molar-refractivity contribution in [2.75, 3.05) is 18.0 Å². The molecule has 0 aliphatic heterocycles. The number of aryl methyl sites for hydroxylation is 1. The van der Waals surface area contributed by atoms with E-state index in [-0.39, 0.29) is 16.1 Å². The van der Waals surface area contributed by atoms with Crippen LogP contribution in [0.5, 0.6) is 0 Å². The summed E-state index contributed by atoms with van der Waals surface area (Å²) in [6.07, 6.45) is 0. The summed E-state index contributed by atoms with van der Waals surface area (Å²) in [6.45, 7) is 0.739. The van der Waals surface area contributed by atoms with Crippen LogP contribution in [-0.2, 0) is 19.6 Å². The molecule has 0 radical (unpaired) electrons. The predicted octanol–water partition coefficient (Wildman–Crippen LogP) is 2.41. The van der Waals surface area contributed by atoms with E-state index in [1.54, 1.807) is 0 Å². The summed E-state index contributed by atoms with van der Waals surface area (Å²) in [4.78, 5) is 21.6. The molecule has 0 atom stereocenters. The second-order valence-electron chi connectivity index (χ2n) is 5.27. The number of rotatable bonds is 6. The molecule has 138 valence electrons. The first-order chi connectivity index (χ1) is 12.2. The Hall–Kier alpha value is -3.01. The topological polar surface area (TPSA) is 107 Å². The van der Waals surface area contributed by atoms with Crippen molar-refractivity contribution in [3.05, 3.63) is 64.0 Å². The Morgan fingerprint density at radius 3 is 2.54 bits per heavy atom. The van der Waals surface area contributed by atoms with Gasteiger partial charge in [-0.2, -0.15) is 0 Å². The largest absolute Gasteiger partial charge is 0.468 e. The highest BCUT2D eigenvalue weighted by Gasteiger charge is 2.30. The highest BCUT2D eigenvalue weighted by Crippen LogP contribution is 2.28. The summed E-state index contributed by atoms with van der Waals surface area (Å²) >= 11 is 0. The molecule has 0 spiro atoms. The molecule has 0 aromatic heterocycles. The van der Waals surface area contributed by atoms with Crippen molar-refractivity contribution in [1.82, 2.24) is 0 Å². The van der Waals surface area contributed by atoms with Crippen LogP contribution in [-0.4, -0.2) is 33.0 Å². The number of halogens is 1. The molecule has 0 bridgehead atoms. The average Bonchev–Trinajstić information content (AvgIpc) is 2.59. The number of carbonyl (C=O) groups is 1. The number of nitrogens with zero attached hydrogens (tertiary/aromatic N) is 2. The molecule has 2 rings (SSSR count). The SMILES string of the molecule is COC(=O)CN(c1cccc(F)c1)S(=O)(=O)c1cc([N+](=O)[O-])ccc1C. The number of hydrogen-bond acceptors (Lipinski definition) is 6. The number of hydrogen-bond donors (Lipinski definition) is 0. The lowest BCUT2D eigenvalue weighted by Crippen LogP contribution is -2.36. The zero-order chi connectivity index (χ0) is 19.5. The van der Waals surface area contributed by atoms with Gasteiger partial charge in [-0.15, -0.1) is 0 Å². The van der Waals surface area contributed by atoms with Crippen LogP contribution in [0.2, 0.25) is 0 Å². The number of benzene rings is 2. The van der Waals surface area contributed by atoms with Gasteiger partial charge in [-0.3, -0.25) is 19.2 Å². The summed E-state index contributed by atoms with van der Waals surface area (Å²) in [5.74, 6) is -1.58. The van der Waals surface area contributed by atoms with Gasteiger partial charge in [0.25, 0.3) is 15.7 Å². The number of ether oxygens (including phenoxy) is 1. The first-order valence-corrected chi connectivity index (χ1v) is 8.71. The van der Waals surface area contributed by atoms with Crippen molar-refractivity contribution in [2.24, 2.45) is 0 Å². The van der Waals surface area contributed by atoms with Gasteiger partial charge < -0.3 is 4.74 Å². The van der Waals surface area contributed by atoms with Crippen LogP contribution >= 0.6 is 0 Å². The third kappa shape index (κ3) is 3.97. The average molecular weight is 382 g/mol. The lowest BCUT2D eigenvalue weighted by Gasteiger charge is -2.24. The second kappa shape index (κ2) is 7.48. The van der Waals surface area contributed by atoms with E-state index in [2.05, 4.69) is 4.74 Å². The van der Waals surface area contributed by atoms with Crippen LogP contribution in [0.1, 0.15) is 5.56 Å². The molecular formula is C16H15FN2O6S. The van der Waals surface area contributed by atoms with Gasteiger partial charge in [0, 0.05) is 12.1 Å². The number of sulfonamides is 1. The fraction of sp³-hybridized carbons (Fsp3) is 0.188. The summed E-state index contributed by atoms with van der Waals surface area (Å²) in [5, 5.41) is 11.0. The Morgan fingerprint density at radius 1 is 1.27 bits per heavy atom. The van der Waals surface area contributed by atoms with Gasteiger partial charge in [0.2, 0.25) is 0 Å². The fourth-order valence-electron chi connectivity index (χ4n) is 2.23. The van der Waals surface area contributed by atoms with Crippen molar-refractivity contribution in [2.45, 2.75) is 11.8 Å². The van der Waals surface area contributed by atoms with Crippen molar-refractivity contribution in [1.29, 1.82) is 0 Å². The lowest BCUT2D eigenvalue weighted by atomic mass is 10.2. The van der Waals surface area contributed by atoms with Crippen LogP contribution in [0.15, 0.2) is 47.4 Å². The zero-order valence-corrected chi connectivity index (χ0v) is 14.7. The van der Waals surface area contributed by atoms with Gasteiger partial charge in [-0.25, -0.2) is 12.8 Å². The molecule has 0 amide bonds. The highest BCUT2D eigenvalue weighted by molar-refractivity contribution is 7.93. The van der Waals surface area contributed by atoms with E-state index in [0.717, 1.165) is 25.3 Å². The second-order valence-corrected chi connectivity index (χ2v) is 7.11. The van der Waals surface area contributed by atoms with Crippen LogP contribution in [0.3, 0.4) is 0 Å². The van der Waals surface area contributed by atoms with Crippen LogP contribution in [0, 0.1) is 22.9 Å². The Bertz CT molecular complexity index is 961. The minimum atomic E-state index is -4.40. The number of carbonyl (C=O) groups excluding carboxylic acids is 1. The Balaban J connectivity index is 2.64. The number of non-ortho nitro benzene ring substituents is 1. The molecule has 0 N–H and O–H groups in total. The maximum Gasteiger partial charge on any atom is 0.326 e. The molecule has 10 heteroatoms. The number of esters is 1. The van der Waals surface area contributed by atoms with E-state index in [9.17, 15) is 27.7 Å². The number of anilines is 1. The number of nitro groups is 1. The lowest BCUT2D eigenvalue weighted by molar-refractivity contribution is -0.385. The third-order valence-corrected chi connectivity index (χ3v) is 5.46. The van der Waals surface area contributed by atoms with Crippen LogP contribution in [0.25, 0.3) is 0 Å². The molecular weight excluding hydrogens is 367 g/mol. The quantitative estimate of drug-likeness (QED) is 0.431. The summed E-state index contributed by atoms with van der Waals surface area (Å²) < 4.78 is 44.8. The maximum atomic E-state index is 13.6. The number of nitro benzene ring substituents is 1. The predicted molar refractivity (Wildman–Crippen MR) is 90.8 cm³/mol. The first kappa shape index (κ1) is 19.3. The fourth-order valence-corrected chi connectivity index (χ4v) is 3.88. The van der Waals surface area contributed by atoms with E-state index >= 15 is 0 Å². The van der Waals surface area contributed by atoms with Gasteiger partial charge in [-0.1, -0.05) is 12.1 Å². The van der Waals surface area contributed by atoms with E-state index in [4.69, 9.17) is 0 Å². The Kier molecular flexibility index (Phi) is 5.56. The van der Waals surface area contributed by atoms with Crippen molar-refractivity contribution < 1.29 is 27.3 Å². The van der Waals surface area contributed by atoms with Crippen LogP contribution in [0.4, 0.5) is 15.8 Å². The van der Waals surface area contributed by atoms with Gasteiger partial charge in [0.05, 0.1) is 22.6 Å². The van der Waals surface area contributed by atoms with Gasteiger partial charge in [0.1, 0.15) is 12.4 Å². The van der Waals surface area contributed by atoms with E-state index in [1.165, 1.54) is 31.2 Å². The minimum Gasteiger partial charge on any atom is -0.468 e. The molecule has 0 saturated heterocycles. The summed E-state index contributed by atoms with van der Waals surface area (Å²) in [5.41, 5.74) is -0.297. The zero-order valence-electron chi connectivity index (χ0n) is 13.9. The standard InChI is InChI=1S/C16H15FN2O6S/c1-11-6-7-14(19(21)22)9-15(11)26(23,24)18(10-16(20)25-2)13-5-3-4-12(17)8-13/h3-9H,10H2,1-2H3. The molecule has 0 saturated carbocycles. The number of methoxy groups -OCH3 is 1. The molecule has 0 aliphatic rings. The van der Waals surface area contributed by atoms with Gasteiger partial charge >= 0.3 is 5.97 Å². The minimum absolute atomic E-state index is 0.110. The Morgan fingerprint density at radius 2 is 1.96 bits per heavy atom. The first-order valence-electron chi connectivity index (χ1n) is 7.27. The van der Waals surface area contributed by atoms with E-state index in [1.807, 2.05) is 0 Å². The highest BCUT2D eigenvalue weighted by atomic mass is 32.2. The van der Waals surface area contributed by atoms with Crippen molar-refractivity contribution in [3.63, 3.8) is 0 Å². The van der Waals surface area contributed by atoms with Crippen molar-refractivity contribution in [3.8, 4) is 0 Å². The molecule has 2 aromatic carbocycles. The molecule has 0 fully saturated rings. The summed E-state index contributed by atoms with van der Waals surface area (Å²) in [7, 11) is -3.32. The molecule has 0 heterocycles. The summed E-state index contributed by atoms with van der Waals surface area (Å²) in [6, 6.07) is 7.99. The molecule has 8 nitrogen and oxygen atoms in total.